The molecule has 1 amide bonds. The summed E-state index contributed by atoms with van der Waals surface area (Å²) in [7, 11) is 0. The number of carboxylic acid groups (broad SMARTS) is 1. The van der Waals surface area contributed by atoms with E-state index in [1.54, 1.807) is 28.8 Å². The van der Waals surface area contributed by atoms with Crippen molar-refractivity contribution in [2.45, 2.75) is 25.0 Å². The van der Waals surface area contributed by atoms with Gasteiger partial charge in [-0.05, 0) is 37.3 Å². The summed E-state index contributed by atoms with van der Waals surface area (Å²) in [4.78, 5) is 40.5. The van der Waals surface area contributed by atoms with Gasteiger partial charge in [-0.25, -0.2) is 9.78 Å². The van der Waals surface area contributed by atoms with Crippen molar-refractivity contribution in [3.63, 3.8) is 0 Å². The average Bonchev–Trinajstić information content (AvgIpc) is 2.69. The summed E-state index contributed by atoms with van der Waals surface area (Å²) in [5.41, 5.74) is 0.797. The molecule has 2 N–H and O–H groups in total. The van der Waals surface area contributed by atoms with Crippen LogP contribution in [0.2, 0.25) is 5.02 Å². The molecule has 1 heterocycles. The monoisotopic (exact) mass is 431 g/mol. The molecule has 0 aliphatic carbocycles. The highest BCUT2D eigenvalue weighted by atomic mass is 35.5. The second kappa shape index (κ2) is 9.11. The van der Waals surface area contributed by atoms with Gasteiger partial charge in [-0.15, -0.1) is 0 Å². The standard InChI is InChI=1S/C20H18ClN3O4S/c1-2-24-18(26)13-5-3-4-6-16(13)23-20(24)29-10-9-17(25)22-12-7-8-15(21)14(11-12)19(27)28/h3-8,11H,2,9-10H2,1H3,(H,22,25)(H,27,28). The summed E-state index contributed by atoms with van der Waals surface area (Å²) in [5.74, 6) is -1.03. The van der Waals surface area contributed by atoms with Gasteiger partial charge in [0, 0.05) is 24.4 Å². The van der Waals surface area contributed by atoms with Crippen molar-refractivity contribution in [2.75, 3.05) is 11.1 Å². The van der Waals surface area contributed by atoms with Crippen molar-refractivity contribution in [3.8, 4) is 0 Å². The molecule has 1 aromatic heterocycles. The van der Waals surface area contributed by atoms with Crippen LogP contribution >= 0.6 is 23.4 Å². The Bertz CT molecular complexity index is 1150. The first kappa shape index (κ1) is 20.9. The number of aromatic carboxylic acids is 1. The molecule has 9 heteroatoms. The van der Waals surface area contributed by atoms with Crippen molar-refractivity contribution in [2.24, 2.45) is 0 Å². The number of anilines is 1. The summed E-state index contributed by atoms with van der Waals surface area (Å²) >= 11 is 7.16. The zero-order valence-electron chi connectivity index (χ0n) is 15.5. The first-order valence-electron chi connectivity index (χ1n) is 8.85. The highest BCUT2D eigenvalue weighted by Crippen LogP contribution is 2.22. The molecule has 0 aliphatic heterocycles. The van der Waals surface area contributed by atoms with Gasteiger partial charge in [0.2, 0.25) is 5.91 Å². The van der Waals surface area contributed by atoms with Gasteiger partial charge in [-0.3, -0.25) is 14.2 Å². The SMILES string of the molecule is CCn1c(SCCC(=O)Nc2ccc(Cl)c(C(=O)O)c2)nc2ccccc2c1=O. The summed E-state index contributed by atoms with van der Waals surface area (Å²) < 4.78 is 1.59. The Labute approximate surface area is 175 Å². The minimum absolute atomic E-state index is 0.0776. The Morgan fingerprint density at radius 1 is 1.24 bits per heavy atom. The number of thioether (sulfide) groups is 1. The number of halogens is 1. The molecular weight excluding hydrogens is 414 g/mol. The summed E-state index contributed by atoms with van der Waals surface area (Å²) in [6.45, 7) is 2.35. The number of carbonyl (C=O) groups is 2. The third kappa shape index (κ3) is 4.78. The van der Waals surface area contributed by atoms with Crippen molar-refractivity contribution >= 4 is 51.8 Å². The number of fused-ring (bicyclic) bond motifs is 1. The van der Waals surface area contributed by atoms with Gasteiger partial charge >= 0.3 is 5.97 Å². The maximum atomic E-state index is 12.6. The van der Waals surface area contributed by atoms with Gasteiger partial charge in [0.1, 0.15) is 0 Å². The van der Waals surface area contributed by atoms with E-state index in [1.165, 1.54) is 23.9 Å². The number of nitrogens with one attached hydrogen (secondary N) is 1. The second-order valence-corrected chi connectivity index (χ2v) is 7.58. The first-order valence-corrected chi connectivity index (χ1v) is 10.2. The van der Waals surface area contributed by atoms with Crippen molar-refractivity contribution < 1.29 is 14.7 Å². The molecule has 0 fully saturated rings. The minimum atomic E-state index is -1.17. The van der Waals surface area contributed by atoms with Crippen LogP contribution in [0.25, 0.3) is 10.9 Å². The van der Waals surface area contributed by atoms with E-state index in [2.05, 4.69) is 10.3 Å². The number of hydrogen-bond acceptors (Lipinski definition) is 5. The van der Waals surface area contributed by atoms with Gasteiger partial charge < -0.3 is 10.4 Å². The molecule has 0 spiro atoms. The number of carbonyl (C=O) groups excluding carboxylic acids is 1. The third-order valence-corrected chi connectivity index (χ3v) is 5.49. The van der Waals surface area contributed by atoms with E-state index >= 15 is 0 Å². The summed E-state index contributed by atoms with van der Waals surface area (Å²) in [6.07, 6.45) is 0.169. The lowest BCUT2D eigenvalue weighted by molar-refractivity contribution is -0.115. The first-order chi connectivity index (χ1) is 13.9. The molecular formula is C20H18ClN3O4S. The van der Waals surface area contributed by atoms with Gasteiger partial charge in [-0.2, -0.15) is 0 Å². The maximum Gasteiger partial charge on any atom is 0.337 e. The number of hydrogen-bond donors (Lipinski definition) is 2. The fourth-order valence-electron chi connectivity index (χ4n) is 2.76. The van der Waals surface area contributed by atoms with E-state index in [9.17, 15) is 14.4 Å². The molecule has 2 aromatic carbocycles. The van der Waals surface area contributed by atoms with Crippen molar-refractivity contribution in [3.05, 3.63) is 63.4 Å². The number of benzene rings is 2. The number of carboxylic acids is 1. The van der Waals surface area contributed by atoms with E-state index in [4.69, 9.17) is 16.7 Å². The lowest BCUT2D eigenvalue weighted by Gasteiger charge is -2.11. The van der Waals surface area contributed by atoms with Crippen LogP contribution in [0.15, 0.2) is 52.4 Å². The van der Waals surface area contributed by atoms with Crippen LogP contribution < -0.4 is 10.9 Å². The molecule has 0 saturated heterocycles. The van der Waals surface area contributed by atoms with E-state index < -0.39 is 5.97 Å². The lowest BCUT2D eigenvalue weighted by atomic mass is 10.2. The molecule has 29 heavy (non-hydrogen) atoms. The molecule has 0 unspecified atom stereocenters. The number of rotatable bonds is 7. The van der Waals surface area contributed by atoms with E-state index in [0.29, 0.717) is 34.0 Å². The van der Waals surface area contributed by atoms with Crippen LogP contribution in [0.4, 0.5) is 5.69 Å². The summed E-state index contributed by atoms with van der Waals surface area (Å²) in [5, 5.41) is 13.0. The topological polar surface area (TPSA) is 101 Å². The van der Waals surface area contributed by atoms with Crippen molar-refractivity contribution in [1.29, 1.82) is 0 Å². The summed E-state index contributed by atoms with van der Waals surface area (Å²) in [6, 6.07) is 11.4. The molecule has 3 aromatic rings. The Morgan fingerprint density at radius 3 is 2.72 bits per heavy atom. The van der Waals surface area contributed by atoms with Gasteiger partial charge in [-0.1, -0.05) is 35.5 Å². The Morgan fingerprint density at radius 2 is 2.00 bits per heavy atom. The quantitative estimate of drug-likeness (QED) is 0.434. The van der Waals surface area contributed by atoms with Crippen LogP contribution in [-0.4, -0.2) is 32.3 Å². The highest BCUT2D eigenvalue weighted by Gasteiger charge is 2.13. The number of para-hydroxylation sites is 1. The molecule has 0 radical (unpaired) electrons. The predicted octanol–water partition coefficient (Wildman–Crippen LogP) is 3.89. The Hall–Kier alpha value is -2.84. The fourth-order valence-corrected chi connectivity index (χ4v) is 3.96. The van der Waals surface area contributed by atoms with E-state index in [0.717, 1.165) is 0 Å². The molecule has 0 saturated carbocycles. The number of nitrogens with zero attached hydrogens (tertiary/aromatic N) is 2. The molecule has 0 atom stereocenters. The molecule has 0 aliphatic rings. The molecule has 3 rings (SSSR count). The van der Waals surface area contributed by atoms with Crippen LogP contribution in [0.1, 0.15) is 23.7 Å². The van der Waals surface area contributed by atoms with Crippen molar-refractivity contribution in [1.82, 2.24) is 9.55 Å². The number of aromatic nitrogens is 2. The molecule has 0 bridgehead atoms. The highest BCUT2D eigenvalue weighted by molar-refractivity contribution is 7.99. The molecule has 150 valence electrons. The average molecular weight is 432 g/mol. The predicted molar refractivity (Wildman–Crippen MR) is 114 cm³/mol. The molecule has 7 nitrogen and oxygen atoms in total. The zero-order chi connectivity index (χ0) is 21.0. The van der Waals surface area contributed by atoms with Gasteiger partial charge in [0.25, 0.3) is 5.56 Å². The fraction of sp³-hybridized carbons (Fsp3) is 0.200. The largest absolute Gasteiger partial charge is 0.478 e. The maximum absolute atomic E-state index is 12.6. The van der Waals surface area contributed by atoms with Gasteiger partial charge in [0.05, 0.1) is 21.5 Å². The van der Waals surface area contributed by atoms with Crippen LogP contribution in [0.5, 0.6) is 0 Å². The third-order valence-electron chi connectivity index (χ3n) is 4.18. The van der Waals surface area contributed by atoms with Crippen LogP contribution in [-0.2, 0) is 11.3 Å². The minimum Gasteiger partial charge on any atom is -0.478 e. The number of amides is 1. The van der Waals surface area contributed by atoms with E-state index in [1.807, 2.05) is 13.0 Å². The lowest BCUT2D eigenvalue weighted by Crippen LogP contribution is -2.22. The van der Waals surface area contributed by atoms with Gasteiger partial charge in [0.15, 0.2) is 5.16 Å². The Kier molecular flexibility index (Phi) is 6.56. The van der Waals surface area contributed by atoms with Crippen LogP contribution in [0.3, 0.4) is 0 Å². The smallest absolute Gasteiger partial charge is 0.337 e. The van der Waals surface area contributed by atoms with Crippen LogP contribution in [0, 0.1) is 0 Å². The zero-order valence-corrected chi connectivity index (χ0v) is 17.1. The Balaban J connectivity index is 1.67. The second-order valence-electron chi connectivity index (χ2n) is 6.11. The normalized spacial score (nSPS) is 10.8. The van der Waals surface area contributed by atoms with E-state index in [-0.39, 0.29) is 28.5 Å².